The highest BCUT2D eigenvalue weighted by Gasteiger charge is 2.38. The average Bonchev–Trinajstić information content (AvgIpc) is 2.50. The van der Waals surface area contributed by atoms with Crippen LogP contribution in [-0.4, -0.2) is 37.5 Å². The lowest BCUT2D eigenvalue weighted by atomic mass is 9.77. The molecular formula is C14H18F3NO3S. The molecule has 0 atom stereocenters. The Balaban J connectivity index is 2.28. The van der Waals surface area contributed by atoms with Crippen LogP contribution in [0.4, 0.5) is 13.2 Å². The largest absolute Gasteiger partial charge is 0.396 e. The van der Waals surface area contributed by atoms with Crippen molar-refractivity contribution in [1.82, 2.24) is 4.31 Å². The maximum absolute atomic E-state index is 13.7. The van der Waals surface area contributed by atoms with Crippen LogP contribution in [0.15, 0.2) is 17.0 Å². The van der Waals surface area contributed by atoms with Crippen molar-refractivity contribution in [2.75, 3.05) is 19.7 Å². The number of hydrogen-bond donors (Lipinski definition) is 1. The summed E-state index contributed by atoms with van der Waals surface area (Å²) in [6.45, 7) is 2.08. The molecule has 2 rings (SSSR count). The third-order valence-corrected chi connectivity index (χ3v) is 6.37. The van der Waals surface area contributed by atoms with Crippen molar-refractivity contribution in [2.24, 2.45) is 5.41 Å². The van der Waals surface area contributed by atoms with E-state index in [0.29, 0.717) is 25.3 Å². The van der Waals surface area contributed by atoms with Gasteiger partial charge in [-0.15, -0.1) is 0 Å². The molecule has 1 aromatic rings. The molecular weight excluding hydrogens is 319 g/mol. The van der Waals surface area contributed by atoms with Gasteiger partial charge in [-0.25, -0.2) is 21.6 Å². The second-order valence-electron chi connectivity index (χ2n) is 5.61. The fraction of sp³-hybridized carbons (Fsp3) is 0.571. The number of rotatable bonds is 4. The Kier molecular flexibility index (Phi) is 4.84. The van der Waals surface area contributed by atoms with E-state index in [4.69, 9.17) is 0 Å². The van der Waals surface area contributed by atoms with Crippen LogP contribution in [0.3, 0.4) is 0 Å². The van der Waals surface area contributed by atoms with Crippen LogP contribution in [0.25, 0.3) is 0 Å². The van der Waals surface area contributed by atoms with Gasteiger partial charge in [0.1, 0.15) is 10.7 Å². The first-order valence-corrected chi connectivity index (χ1v) is 8.45. The number of halogens is 3. The predicted molar refractivity (Wildman–Crippen MR) is 74.1 cm³/mol. The van der Waals surface area contributed by atoms with E-state index in [1.54, 1.807) is 0 Å². The lowest BCUT2D eigenvalue weighted by molar-refractivity contribution is 0.0647. The number of aliphatic hydroxyl groups is 1. The molecule has 0 aliphatic carbocycles. The summed E-state index contributed by atoms with van der Waals surface area (Å²) in [6, 6.07) is 0.601. The summed E-state index contributed by atoms with van der Waals surface area (Å²) >= 11 is 0. The molecule has 1 aliphatic heterocycles. The van der Waals surface area contributed by atoms with E-state index in [1.165, 1.54) is 0 Å². The van der Waals surface area contributed by atoms with Crippen molar-refractivity contribution in [1.29, 1.82) is 0 Å². The van der Waals surface area contributed by atoms with Crippen molar-refractivity contribution in [3.63, 3.8) is 0 Å². The van der Waals surface area contributed by atoms with E-state index >= 15 is 0 Å². The summed E-state index contributed by atoms with van der Waals surface area (Å²) in [5.41, 5.74) is -0.335. The molecule has 4 nitrogen and oxygen atoms in total. The summed E-state index contributed by atoms with van der Waals surface area (Å²) in [4.78, 5) is -0.862. The van der Waals surface area contributed by atoms with E-state index in [-0.39, 0.29) is 31.2 Å². The van der Waals surface area contributed by atoms with E-state index in [0.717, 1.165) is 4.31 Å². The first-order valence-electron chi connectivity index (χ1n) is 7.01. The van der Waals surface area contributed by atoms with Crippen LogP contribution >= 0.6 is 0 Å². The lowest BCUT2D eigenvalue weighted by Crippen LogP contribution is -2.44. The van der Waals surface area contributed by atoms with Crippen LogP contribution < -0.4 is 0 Å². The van der Waals surface area contributed by atoms with E-state index < -0.39 is 32.4 Å². The molecule has 1 saturated heterocycles. The highest BCUT2D eigenvalue weighted by atomic mass is 32.2. The van der Waals surface area contributed by atoms with Gasteiger partial charge in [-0.1, -0.05) is 6.92 Å². The van der Waals surface area contributed by atoms with Gasteiger partial charge in [0, 0.05) is 25.8 Å². The van der Waals surface area contributed by atoms with Gasteiger partial charge < -0.3 is 5.11 Å². The van der Waals surface area contributed by atoms with Crippen LogP contribution in [0.1, 0.15) is 26.2 Å². The highest BCUT2D eigenvalue weighted by molar-refractivity contribution is 7.89. The summed E-state index contributed by atoms with van der Waals surface area (Å²) < 4.78 is 65.7. The summed E-state index contributed by atoms with van der Waals surface area (Å²) in [7, 11) is -4.23. The number of piperidine rings is 1. The predicted octanol–water partition coefficient (Wildman–Crippen LogP) is 2.28. The first-order chi connectivity index (χ1) is 10.3. The molecule has 1 N–H and O–H groups in total. The second kappa shape index (κ2) is 6.17. The smallest absolute Gasteiger partial charge is 0.246 e. The zero-order valence-corrected chi connectivity index (χ0v) is 13.0. The molecule has 22 heavy (non-hydrogen) atoms. The van der Waals surface area contributed by atoms with Gasteiger partial charge in [-0.3, -0.25) is 0 Å². The average molecular weight is 337 g/mol. The number of aliphatic hydroxyl groups excluding tert-OH is 1. The Bertz CT molecular complexity index is 650. The molecule has 124 valence electrons. The van der Waals surface area contributed by atoms with Gasteiger partial charge in [0.05, 0.1) is 0 Å². The molecule has 0 aromatic heterocycles. The SMILES string of the molecule is CCC1(CO)CCN(S(=O)(=O)c2cc(F)c(F)cc2F)CC1. The number of benzene rings is 1. The third-order valence-electron chi connectivity index (χ3n) is 4.46. The molecule has 0 bridgehead atoms. The number of nitrogens with zero attached hydrogens (tertiary/aromatic N) is 1. The molecule has 0 spiro atoms. The maximum atomic E-state index is 13.7. The third kappa shape index (κ3) is 3.00. The van der Waals surface area contributed by atoms with Gasteiger partial charge in [0.2, 0.25) is 10.0 Å². The first kappa shape index (κ1) is 17.2. The Morgan fingerprint density at radius 1 is 1.14 bits per heavy atom. The topological polar surface area (TPSA) is 57.6 Å². The molecule has 0 amide bonds. The lowest BCUT2D eigenvalue weighted by Gasteiger charge is -2.39. The quantitative estimate of drug-likeness (QED) is 0.858. The Labute approximate surface area is 127 Å². The molecule has 1 aliphatic rings. The monoisotopic (exact) mass is 337 g/mol. The zero-order chi connectivity index (χ0) is 16.5. The second-order valence-corrected chi connectivity index (χ2v) is 7.52. The Hall–Kier alpha value is -1.12. The molecule has 1 fully saturated rings. The van der Waals surface area contributed by atoms with Gasteiger partial charge in [0.25, 0.3) is 0 Å². The van der Waals surface area contributed by atoms with Crippen molar-refractivity contribution in [3.05, 3.63) is 29.6 Å². The maximum Gasteiger partial charge on any atom is 0.246 e. The minimum Gasteiger partial charge on any atom is -0.396 e. The van der Waals surface area contributed by atoms with E-state index in [1.807, 2.05) is 6.92 Å². The normalized spacial score (nSPS) is 19.3. The number of hydrogen-bond acceptors (Lipinski definition) is 3. The number of sulfonamides is 1. The van der Waals surface area contributed by atoms with Gasteiger partial charge in [-0.05, 0) is 30.7 Å². The Morgan fingerprint density at radius 3 is 2.18 bits per heavy atom. The van der Waals surface area contributed by atoms with Gasteiger partial charge >= 0.3 is 0 Å². The summed E-state index contributed by atoms with van der Waals surface area (Å²) in [5, 5.41) is 9.44. The highest BCUT2D eigenvalue weighted by Crippen LogP contribution is 2.36. The standard InChI is InChI=1S/C14H18F3NO3S/c1-2-14(9-19)3-5-18(6-4-14)22(20,21)13-8-11(16)10(15)7-12(13)17/h7-8,19H,2-6,9H2,1H3. The molecule has 8 heteroatoms. The zero-order valence-electron chi connectivity index (χ0n) is 12.2. The summed E-state index contributed by atoms with van der Waals surface area (Å²) in [5.74, 6) is -4.15. The molecule has 1 aromatic carbocycles. The molecule has 0 radical (unpaired) electrons. The minimum atomic E-state index is -4.23. The van der Waals surface area contributed by atoms with Gasteiger partial charge in [-0.2, -0.15) is 4.31 Å². The van der Waals surface area contributed by atoms with Crippen LogP contribution in [0.2, 0.25) is 0 Å². The fourth-order valence-corrected chi connectivity index (χ4v) is 4.16. The van der Waals surface area contributed by atoms with E-state index in [2.05, 4.69) is 0 Å². The van der Waals surface area contributed by atoms with E-state index in [9.17, 15) is 26.7 Å². The van der Waals surface area contributed by atoms with Crippen molar-refractivity contribution in [2.45, 2.75) is 31.1 Å². The Morgan fingerprint density at radius 2 is 1.68 bits per heavy atom. The van der Waals surface area contributed by atoms with Crippen LogP contribution in [0, 0.1) is 22.9 Å². The van der Waals surface area contributed by atoms with Crippen LogP contribution in [0.5, 0.6) is 0 Å². The summed E-state index contributed by atoms with van der Waals surface area (Å²) in [6.07, 6.45) is 1.58. The minimum absolute atomic E-state index is 0.0447. The molecule has 0 unspecified atom stereocenters. The van der Waals surface area contributed by atoms with Gasteiger partial charge in [0.15, 0.2) is 11.6 Å². The van der Waals surface area contributed by atoms with Crippen molar-refractivity contribution in [3.8, 4) is 0 Å². The molecule has 1 heterocycles. The van der Waals surface area contributed by atoms with Crippen LogP contribution in [-0.2, 0) is 10.0 Å². The fourth-order valence-electron chi connectivity index (χ4n) is 2.67. The van der Waals surface area contributed by atoms with Crippen molar-refractivity contribution >= 4 is 10.0 Å². The molecule has 0 saturated carbocycles. The van der Waals surface area contributed by atoms with Crippen molar-refractivity contribution < 1.29 is 26.7 Å².